The van der Waals surface area contributed by atoms with Crippen molar-refractivity contribution in [2.24, 2.45) is 0 Å². The zero-order valence-electron chi connectivity index (χ0n) is 21.6. The van der Waals surface area contributed by atoms with E-state index in [1.54, 1.807) is 24.3 Å². The van der Waals surface area contributed by atoms with Crippen molar-refractivity contribution in [2.45, 2.75) is 46.1 Å². The minimum absolute atomic E-state index is 0. The van der Waals surface area contributed by atoms with Gasteiger partial charge >= 0.3 is 0 Å². The normalized spacial score (nSPS) is 12.5. The van der Waals surface area contributed by atoms with Gasteiger partial charge in [0.05, 0.1) is 6.61 Å². The zero-order valence-corrected chi connectivity index (χ0v) is 26.2. The molecule has 4 aromatic rings. The maximum absolute atomic E-state index is 13.0. The number of hydrogen-bond acceptors (Lipinski definition) is 2. The molecule has 0 spiro atoms. The molecule has 5 nitrogen and oxygen atoms in total. The fourth-order valence-electron chi connectivity index (χ4n) is 4.03. The van der Waals surface area contributed by atoms with Crippen LogP contribution in [0.25, 0.3) is 0 Å². The molecule has 2 unspecified atom stereocenters. The summed E-state index contributed by atoms with van der Waals surface area (Å²) in [6.07, 6.45) is 5.23. The van der Waals surface area contributed by atoms with Crippen LogP contribution in [-0.2, 0) is 22.7 Å². The first kappa shape index (κ1) is 31.5. The molecular weight excluding hydrogens is 644 g/mol. The Bertz CT molecular complexity index is 1460. The number of rotatable bonds is 9. The van der Waals surface area contributed by atoms with E-state index in [2.05, 4.69) is 5.32 Å². The molecular formula is C29H28BrCl4N3O2. The van der Waals surface area contributed by atoms with Crippen molar-refractivity contribution in [1.82, 2.24) is 4.57 Å². The minimum atomic E-state index is -0.428. The third-order valence-electron chi connectivity index (χ3n) is 6.54. The number of ether oxygens (including phenoxy) is 1. The standard InChI is InChI=1S/C29H27Cl4N3O2.BrH/c1-18-5-4-6-27(19(18)2)34-29(37)20(3)36-12-11-35(17-36)15-28(24-10-9-23(31)14-26(24)33)38-16-21-7-8-22(30)13-25(21)32;/h4-14,17,20,28H,15-16H2,1-3H3;1H. The van der Waals surface area contributed by atoms with Crippen LogP contribution in [0.5, 0.6) is 0 Å². The van der Waals surface area contributed by atoms with Crippen LogP contribution in [0.1, 0.15) is 41.3 Å². The summed E-state index contributed by atoms with van der Waals surface area (Å²) >= 11 is 25.1. The van der Waals surface area contributed by atoms with E-state index in [1.807, 2.05) is 79.0 Å². The van der Waals surface area contributed by atoms with Gasteiger partial charge in [-0.1, -0.05) is 70.7 Å². The summed E-state index contributed by atoms with van der Waals surface area (Å²) < 4.78 is 10.1. The summed E-state index contributed by atoms with van der Waals surface area (Å²) in [5.74, 6) is -0.104. The van der Waals surface area contributed by atoms with Crippen LogP contribution >= 0.6 is 46.4 Å². The van der Waals surface area contributed by atoms with Gasteiger partial charge in [0, 0.05) is 31.3 Å². The summed E-state index contributed by atoms with van der Waals surface area (Å²) in [6.45, 7) is 6.59. The van der Waals surface area contributed by atoms with Gasteiger partial charge in [0.25, 0.3) is 5.91 Å². The second-order valence-electron chi connectivity index (χ2n) is 9.17. The summed E-state index contributed by atoms with van der Waals surface area (Å²) in [6, 6.07) is 16.1. The number of carbonyl (C=O) groups excluding carboxylic acids is 1. The molecule has 39 heavy (non-hydrogen) atoms. The van der Waals surface area contributed by atoms with Crippen LogP contribution in [0.3, 0.4) is 0 Å². The maximum Gasteiger partial charge on any atom is 0.269 e. The second kappa shape index (κ2) is 14.0. The van der Waals surface area contributed by atoms with E-state index in [4.69, 9.17) is 51.1 Å². The molecule has 0 fully saturated rings. The minimum Gasteiger partial charge on any atom is -1.00 e. The van der Waals surface area contributed by atoms with E-state index >= 15 is 0 Å². The molecule has 1 heterocycles. The van der Waals surface area contributed by atoms with E-state index in [0.29, 0.717) is 26.6 Å². The van der Waals surface area contributed by atoms with E-state index in [9.17, 15) is 4.79 Å². The molecule has 2 atom stereocenters. The monoisotopic (exact) mass is 669 g/mol. The molecule has 0 saturated heterocycles. The van der Waals surface area contributed by atoms with Crippen molar-refractivity contribution in [3.8, 4) is 0 Å². The third-order valence-corrected chi connectivity index (χ3v) is 7.69. The Labute approximate surface area is 259 Å². The van der Waals surface area contributed by atoms with Crippen molar-refractivity contribution >= 4 is 58.0 Å². The lowest BCUT2D eigenvalue weighted by molar-refractivity contribution is -0.705. The fourth-order valence-corrected chi connectivity index (χ4v) is 5.02. The number of anilines is 1. The Balaban J connectivity index is 0.00000420. The van der Waals surface area contributed by atoms with Gasteiger partial charge in [-0.3, -0.25) is 4.79 Å². The summed E-state index contributed by atoms with van der Waals surface area (Å²) in [7, 11) is 0. The molecule has 0 aliphatic heterocycles. The number of amides is 1. The number of imidazole rings is 1. The van der Waals surface area contributed by atoms with Gasteiger partial charge in [-0.25, -0.2) is 9.13 Å². The quantitative estimate of drug-likeness (QED) is 0.250. The first-order chi connectivity index (χ1) is 18.1. The molecule has 10 heteroatoms. The molecule has 0 radical (unpaired) electrons. The van der Waals surface area contributed by atoms with Gasteiger partial charge in [-0.15, -0.1) is 0 Å². The molecule has 206 valence electrons. The smallest absolute Gasteiger partial charge is 0.269 e. The molecule has 1 aromatic heterocycles. The average Bonchev–Trinajstić information content (AvgIpc) is 3.33. The molecule has 1 amide bonds. The van der Waals surface area contributed by atoms with Gasteiger partial charge in [0.2, 0.25) is 6.33 Å². The lowest BCUT2D eigenvalue weighted by Crippen LogP contribution is -3.00. The van der Waals surface area contributed by atoms with E-state index in [-0.39, 0.29) is 29.5 Å². The summed E-state index contributed by atoms with van der Waals surface area (Å²) in [4.78, 5) is 13.0. The number of aryl methyl sites for hydroxylation is 1. The number of nitrogens with one attached hydrogen (secondary N) is 1. The predicted molar refractivity (Wildman–Crippen MR) is 154 cm³/mol. The largest absolute Gasteiger partial charge is 1.00 e. The molecule has 0 aliphatic rings. The highest BCUT2D eigenvalue weighted by Gasteiger charge is 2.24. The molecule has 0 aliphatic carbocycles. The Hall–Kier alpha value is -2.06. The maximum atomic E-state index is 13.0. The average molecular weight is 672 g/mol. The number of halogens is 5. The van der Waals surface area contributed by atoms with Crippen molar-refractivity contribution in [3.05, 3.63) is 116 Å². The van der Waals surface area contributed by atoms with Gasteiger partial charge in [-0.2, -0.15) is 0 Å². The van der Waals surface area contributed by atoms with Crippen LogP contribution in [0.2, 0.25) is 20.1 Å². The Morgan fingerprint density at radius 3 is 2.38 bits per heavy atom. The van der Waals surface area contributed by atoms with Gasteiger partial charge in [0.15, 0.2) is 6.04 Å². The van der Waals surface area contributed by atoms with Crippen LogP contribution in [0.15, 0.2) is 73.3 Å². The van der Waals surface area contributed by atoms with Gasteiger partial charge < -0.3 is 27.0 Å². The third kappa shape index (κ3) is 8.00. The highest BCUT2D eigenvalue weighted by molar-refractivity contribution is 6.35. The first-order valence-electron chi connectivity index (χ1n) is 12.1. The van der Waals surface area contributed by atoms with E-state index in [0.717, 1.165) is 27.9 Å². The summed E-state index contributed by atoms with van der Waals surface area (Å²) in [5.41, 5.74) is 4.60. The van der Waals surface area contributed by atoms with E-state index in [1.165, 1.54) is 0 Å². The molecule has 0 bridgehead atoms. The molecule has 0 saturated carbocycles. The van der Waals surface area contributed by atoms with Crippen molar-refractivity contribution in [3.63, 3.8) is 0 Å². The topological polar surface area (TPSA) is 47.1 Å². The highest BCUT2D eigenvalue weighted by Crippen LogP contribution is 2.31. The summed E-state index contributed by atoms with van der Waals surface area (Å²) in [5, 5.41) is 5.18. The van der Waals surface area contributed by atoms with Crippen molar-refractivity contribution < 1.29 is 31.1 Å². The predicted octanol–water partition coefficient (Wildman–Crippen LogP) is 5.17. The first-order valence-corrected chi connectivity index (χ1v) is 13.6. The fraction of sp³-hybridized carbons (Fsp3) is 0.241. The lowest BCUT2D eigenvalue weighted by Gasteiger charge is -2.19. The lowest BCUT2D eigenvalue weighted by atomic mass is 10.1. The number of nitrogens with zero attached hydrogens (tertiary/aromatic N) is 2. The highest BCUT2D eigenvalue weighted by atomic mass is 79.9. The Morgan fingerprint density at radius 2 is 1.69 bits per heavy atom. The van der Waals surface area contributed by atoms with Gasteiger partial charge in [0.1, 0.15) is 25.0 Å². The molecule has 1 N–H and O–H groups in total. The molecule has 3 aromatic carbocycles. The number of hydrogen-bond donors (Lipinski definition) is 1. The van der Waals surface area contributed by atoms with Crippen LogP contribution in [-0.4, -0.2) is 10.5 Å². The zero-order chi connectivity index (χ0) is 27.4. The van der Waals surface area contributed by atoms with Crippen molar-refractivity contribution in [2.75, 3.05) is 5.32 Å². The number of benzene rings is 3. The van der Waals surface area contributed by atoms with Crippen LogP contribution in [0.4, 0.5) is 5.69 Å². The van der Waals surface area contributed by atoms with Crippen molar-refractivity contribution in [1.29, 1.82) is 0 Å². The van der Waals surface area contributed by atoms with E-state index < -0.39 is 12.1 Å². The van der Waals surface area contributed by atoms with Crippen LogP contribution < -0.4 is 26.9 Å². The number of carbonyl (C=O) groups is 1. The SMILES string of the molecule is Cc1cccc(NC(=O)C(C)n2cc[n+](CC(OCc3ccc(Cl)cc3Cl)c3ccc(Cl)cc3Cl)c2)c1C.[Br-]. The second-order valence-corrected chi connectivity index (χ2v) is 10.9. The van der Waals surface area contributed by atoms with Gasteiger partial charge in [-0.05, 0) is 67.8 Å². The van der Waals surface area contributed by atoms with Crippen LogP contribution in [0, 0.1) is 13.8 Å². The molecule has 4 rings (SSSR count). The Kier molecular flexibility index (Phi) is 11.3. The Morgan fingerprint density at radius 1 is 1.00 bits per heavy atom. The number of aromatic nitrogens is 2.